The van der Waals surface area contributed by atoms with E-state index < -0.39 is 35.5 Å². The molecule has 1 fully saturated rings. The molecule has 4 atom stereocenters. The highest BCUT2D eigenvalue weighted by Gasteiger charge is 2.54. The van der Waals surface area contributed by atoms with E-state index in [9.17, 15) is 15.0 Å². The lowest BCUT2D eigenvalue weighted by Gasteiger charge is -2.27. The SMILES string of the molecule is O=c1[nH]cnc2c1ncn2[C@]1(S)O[C@H](CO)[C@@H](O)[C@H]1O. The van der Waals surface area contributed by atoms with Crippen LogP contribution < -0.4 is 5.56 Å². The number of aromatic nitrogens is 4. The monoisotopic (exact) mass is 300 g/mol. The molecule has 0 aliphatic carbocycles. The third-order valence-corrected chi connectivity index (χ3v) is 3.86. The molecule has 3 rings (SSSR count). The number of H-pyrrole nitrogens is 1. The Labute approximate surface area is 117 Å². The molecular formula is C10H12N4O5S. The van der Waals surface area contributed by atoms with Crippen molar-refractivity contribution in [3.05, 3.63) is 23.0 Å². The van der Waals surface area contributed by atoms with E-state index in [4.69, 9.17) is 9.84 Å². The van der Waals surface area contributed by atoms with E-state index in [0.29, 0.717) is 0 Å². The number of nitrogens with zero attached hydrogens (tertiary/aromatic N) is 3. The van der Waals surface area contributed by atoms with Crippen LogP contribution in [0.1, 0.15) is 0 Å². The molecule has 3 heterocycles. The van der Waals surface area contributed by atoms with Crippen LogP contribution in [0.4, 0.5) is 0 Å². The van der Waals surface area contributed by atoms with Crippen LogP contribution in [-0.4, -0.2) is 59.8 Å². The van der Waals surface area contributed by atoms with E-state index in [2.05, 4.69) is 27.6 Å². The van der Waals surface area contributed by atoms with Crippen LogP contribution in [0.15, 0.2) is 17.4 Å². The fraction of sp³-hybridized carbons (Fsp3) is 0.500. The number of aliphatic hydroxyl groups is 3. The first-order chi connectivity index (χ1) is 9.49. The molecule has 0 radical (unpaired) electrons. The summed E-state index contributed by atoms with van der Waals surface area (Å²) in [5.41, 5.74) is -0.246. The molecule has 2 aromatic rings. The fourth-order valence-electron chi connectivity index (χ4n) is 2.21. The lowest BCUT2D eigenvalue weighted by molar-refractivity contribution is -0.0760. The van der Waals surface area contributed by atoms with Gasteiger partial charge in [0.15, 0.2) is 11.2 Å². The Kier molecular flexibility index (Phi) is 3.06. The molecule has 9 nitrogen and oxygen atoms in total. The van der Waals surface area contributed by atoms with E-state index in [1.165, 1.54) is 17.2 Å². The standard InChI is InChI=1S/C10H12N4O5S/c15-1-4-6(16)7(17)10(20,19-4)14-3-13-5-8(14)11-2-12-9(5)18/h2-4,6-7,15-17,20H,1H2,(H,11,12,18)/t4-,6-,7-,10+/m1/s1. The normalized spacial score (nSPS) is 33.9. The van der Waals surface area contributed by atoms with Gasteiger partial charge in [-0.05, 0) is 0 Å². The summed E-state index contributed by atoms with van der Waals surface area (Å²) in [5.74, 6) is 0. The predicted molar refractivity (Wildman–Crippen MR) is 69.1 cm³/mol. The molecule has 108 valence electrons. The minimum atomic E-state index is -1.68. The molecule has 0 amide bonds. The summed E-state index contributed by atoms with van der Waals surface area (Å²) < 4.78 is 6.64. The van der Waals surface area contributed by atoms with Crippen molar-refractivity contribution >= 4 is 23.8 Å². The van der Waals surface area contributed by atoms with E-state index >= 15 is 0 Å². The highest BCUT2D eigenvalue weighted by molar-refractivity contribution is 7.81. The lowest BCUT2D eigenvalue weighted by atomic mass is 10.1. The largest absolute Gasteiger partial charge is 0.394 e. The van der Waals surface area contributed by atoms with E-state index in [1.807, 2.05) is 0 Å². The van der Waals surface area contributed by atoms with Gasteiger partial charge in [-0.2, -0.15) is 0 Å². The molecule has 1 saturated heterocycles. The summed E-state index contributed by atoms with van der Waals surface area (Å²) in [6, 6.07) is 0. The third kappa shape index (κ3) is 1.70. The summed E-state index contributed by atoms with van der Waals surface area (Å²) in [5, 5.41) is 27.3. The van der Waals surface area contributed by atoms with Crippen LogP contribution in [0.3, 0.4) is 0 Å². The van der Waals surface area contributed by atoms with Gasteiger partial charge in [-0.1, -0.05) is 0 Å². The van der Waals surface area contributed by atoms with Crippen molar-refractivity contribution in [2.75, 3.05) is 6.61 Å². The topological polar surface area (TPSA) is 133 Å². The second kappa shape index (κ2) is 4.53. The first kappa shape index (κ1) is 13.5. The first-order valence-electron chi connectivity index (χ1n) is 5.77. The Morgan fingerprint density at radius 1 is 1.50 bits per heavy atom. The van der Waals surface area contributed by atoms with E-state index in [0.717, 1.165) is 0 Å². The van der Waals surface area contributed by atoms with Crippen LogP contribution in [0, 0.1) is 0 Å². The Hall–Kier alpha value is -1.46. The van der Waals surface area contributed by atoms with Crippen molar-refractivity contribution in [3.8, 4) is 0 Å². The smallest absolute Gasteiger partial charge is 0.278 e. The van der Waals surface area contributed by atoms with Crippen LogP contribution in [-0.2, 0) is 9.79 Å². The number of aromatic amines is 1. The Morgan fingerprint density at radius 2 is 2.25 bits per heavy atom. The highest BCUT2D eigenvalue weighted by Crippen LogP contribution is 2.39. The van der Waals surface area contributed by atoms with Gasteiger partial charge in [-0.3, -0.25) is 9.36 Å². The fourth-order valence-corrected chi connectivity index (χ4v) is 2.65. The van der Waals surface area contributed by atoms with Gasteiger partial charge in [0, 0.05) is 0 Å². The maximum Gasteiger partial charge on any atom is 0.278 e. The minimum Gasteiger partial charge on any atom is -0.394 e. The van der Waals surface area contributed by atoms with Gasteiger partial charge in [0.1, 0.15) is 24.6 Å². The molecule has 0 spiro atoms. The molecule has 20 heavy (non-hydrogen) atoms. The van der Waals surface area contributed by atoms with Gasteiger partial charge in [-0.15, -0.1) is 12.6 Å². The van der Waals surface area contributed by atoms with Gasteiger partial charge in [0.2, 0.25) is 5.06 Å². The molecule has 2 aromatic heterocycles. The second-order valence-corrected chi connectivity index (χ2v) is 5.09. The summed E-state index contributed by atoms with van der Waals surface area (Å²) in [7, 11) is 0. The summed E-state index contributed by atoms with van der Waals surface area (Å²) >= 11 is 4.24. The molecule has 1 aliphatic heterocycles. The van der Waals surface area contributed by atoms with Crippen molar-refractivity contribution in [2.45, 2.75) is 23.4 Å². The number of hydrogen-bond donors (Lipinski definition) is 5. The number of rotatable bonds is 2. The summed E-state index contributed by atoms with van der Waals surface area (Å²) in [6.45, 7) is -0.485. The second-order valence-electron chi connectivity index (χ2n) is 4.45. The van der Waals surface area contributed by atoms with Gasteiger partial charge >= 0.3 is 0 Å². The number of thiol groups is 1. The molecule has 0 aromatic carbocycles. The molecule has 1 aliphatic rings. The number of fused-ring (bicyclic) bond motifs is 1. The molecular weight excluding hydrogens is 288 g/mol. The lowest BCUT2D eigenvalue weighted by Crippen LogP contribution is -2.41. The number of nitrogens with one attached hydrogen (secondary N) is 1. The molecule has 4 N–H and O–H groups in total. The predicted octanol–water partition coefficient (Wildman–Crippen LogP) is -2.23. The van der Waals surface area contributed by atoms with Crippen molar-refractivity contribution in [1.29, 1.82) is 0 Å². The van der Waals surface area contributed by atoms with Crippen molar-refractivity contribution in [3.63, 3.8) is 0 Å². The van der Waals surface area contributed by atoms with Crippen molar-refractivity contribution in [1.82, 2.24) is 19.5 Å². The summed E-state index contributed by atoms with van der Waals surface area (Å²) in [6.07, 6.45) is -1.34. The average Bonchev–Trinajstić information content (AvgIpc) is 2.96. The third-order valence-electron chi connectivity index (χ3n) is 3.28. The van der Waals surface area contributed by atoms with Crippen molar-refractivity contribution in [2.24, 2.45) is 0 Å². The van der Waals surface area contributed by atoms with Crippen LogP contribution >= 0.6 is 12.6 Å². The number of imidazole rings is 1. The molecule has 0 unspecified atom stereocenters. The Bertz CT molecular complexity index is 702. The molecule has 10 heteroatoms. The van der Waals surface area contributed by atoms with Gasteiger partial charge in [-0.25, -0.2) is 9.97 Å². The first-order valence-corrected chi connectivity index (χ1v) is 6.22. The van der Waals surface area contributed by atoms with Gasteiger partial charge in [0.05, 0.1) is 12.9 Å². The maximum absolute atomic E-state index is 11.6. The zero-order valence-electron chi connectivity index (χ0n) is 10.0. The quantitative estimate of drug-likeness (QED) is 0.396. The molecule has 0 bridgehead atoms. The Morgan fingerprint density at radius 3 is 2.90 bits per heavy atom. The number of ether oxygens (including phenoxy) is 1. The van der Waals surface area contributed by atoms with E-state index in [1.54, 1.807) is 0 Å². The molecule has 0 saturated carbocycles. The average molecular weight is 300 g/mol. The van der Waals surface area contributed by atoms with Crippen LogP contribution in [0.5, 0.6) is 0 Å². The zero-order chi connectivity index (χ0) is 14.5. The maximum atomic E-state index is 11.6. The van der Waals surface area contributed by atoms with Crippen molar-refractivity contribution < 1.29 is 20.1 Å². The summed E-state index contributed by atoms with van der Waals surface area (Å²) in [4.78, 5) is 21.8. The zero-order valence-corrected chi connectivity index (χ0v) is 10.9. The minimum absolute atomic E-state index is 0.0543. The highest BCUT2D eigenvalue weighted by atomic mass is 32.1. The number of aliphatic hydroxyl groups excluding tert-OH is 3. The Balaban J connectivity index is 2.15. The van der Waals surface area contributed by atoms with E-state index in [-0.39, 0.29) is 11.2 Å². The van der Waals surface area contributed by atoms with Gasteiger partial charge < -0.3 is 25.0 Å². The van der Waals surface area contributed by atoms with Gasteiger partial charge in [0.25, 0.3) is 5.56 Å². The van der Waals surface area contributed by atoms with Crippen LogP contribution in [0.2, 0.25) is 0 Å². The number of hydrogen-bond acceptors (Lipinski definition) is 8. The van der Waals surface area contributed by atoms with Crippen LogP contribution in [0.25, 0.3) is 11.2 Å².